The standard InChI is InChI=1S/C12H18N2O2/c1-2-16-10-5-3-4-9-11(10)14-7-8(6-13)12(9)15/h3-5,8,12,14-15H,2,6-7,13H2,1H3/t8-,12-/m1/s1. The number of aliphatic hydroxyl groups excluding tert-OH is 1. The molecule has 0 radical (unpaired) electrons. The molecule has 0 saturated carbocycles. The highest BCUT2D eigenvalue weighted by atomic mass is 16.5. The minimum Gasteiger partial charge on any atom is -0.492 e. The van der Waals surface area contributed by atoms with Gasteiger partial charge in [-0.2, -0.15) is 0 Å². The fraction of sp³-hybridized carbons (Fsp3) is 0.500. The van der Waals surface area contributed by atoms with Crippen molar-refractivity contribution in [2.75, 3.05) is 25.0 Å². The molecule has 0 saturated heterocycles. The third-order valence-electron chi connectivity index (χ3n) is 2.97. The van der Waals surface area contributed by atoms with Gasteiger partial charge < -0.3 is 20.9 Å². The first-order valence-corrected chi connectivity index (χ1v) is 5.65. The van der Waals surface area contributed by atoms with E-state index in [0.717, 1.165) is 17.0 Å². The fourth-order valence-corrected chi connectivity index (χ4v) is 2.07. The number of benzene rings is 1. The second-order valence-corrected chi connectivity index (χ2v) is 3.97. The van der Waals surface area contributed by atoms with E-state index >= 15 is 0 Å². The quantitative estimate of drug-likeness (QED) is 0.717. The van der Waals surface area contributed by atoms with E-state index in [1.165, 1.54) is 0 Å². The van der Waals surface area contributed by atoms with Gasteiger partial charge in [0.2, 0.25) is 0 Å². The first-order chi connectivity index (χ1) is 7.77. The minimum atomic E-state index is -0.498. The lowest BCUT2D eigenvalue weighted by Gasteiger charge is -2.31. The van der Waals surface area contributed by atoms with Crippen LogP contribution < -0.4 is 15.8 Å². The highest BCUT2D eigenvalue weighted by molar-refractivity contribution is 5.64. The van der Waals surface area contributed by atoms with Gasteiger partial charge in [0, 0.05) is 18.0 Å². The Morgan fingerprint density at radius 2 is 2.38 bits per heavy atom. The molecule has 16 heavy (non-hydrogen) atoms. The summed E-state index contributed by atoms with van der Waals surface area (Å²) in [6.07, 6.45) is -0.498. The van der Waals surface area contributed by atoms with E-state index in [1.54, 1.807) is 0 Å². The molecule has 1 aliphatic rings. The van der Waals surface area contributed by atoms with Crippen LogP contribution in [-0.2, 0) is 0 Å². The van der Waals surface area contributed by atoms with E-state index in [2.05, 4.69) is 5.32 Å². The van der Waals surface area contributed by atoms with Crippen LogP contribution in [0.1, 0.15) is 18.6 Å². The maximum Gasteiger partial charge on any atom is 0.142 e. The van der Waals surface area contributed by atoms with Crippen molar-refractivity contribution in [1.82, 2.24) is 0 Å². The number of nitrogens with one attached hydrogen (secondary N) is 1. The number of hydrogen-bond donors (Lipinski definition) is 3. The van der Waals surface area contributed by atoms with Crippen LogP contribution in [0, 0.1) is 5.92 Å². The Bertz CT molecular complexity index is 368. The monoisotopic (exact) mass is 222 g/mol. The zero-order valence-electron chi connectivity index (χ0n) is 9.44. The number of fused-ring (bicyclic) bond motifs is 1. The first-order valence-electron chi connectivity index (χ1n) is 5.65. The normalized spacial score (nSPS) is 23.4. The van der Waals surface area contributed by atoms with E-state index in [0.29, 0.717) is 19.7 Å². The van der Waals surface area contributed by atoms with Crippen LogP contribution in [0.2, 0.25) is 0 Å². The van der Waals surface area contributed by atoms with Gasteiger partial charge in [0.25, 0.3) is 0 Å². The van der Waals surface area contributed by atoms with Crippen LogP contribution >= 0.6 is 0 Å². The average Bonchev–Trinajstić information content (AvgIpc) is 2.31. The highest BCUT2D eigenvalue weighted by Crippen LogP contribution is 2.38. The number of rotatable bonds is 3. The molecule has 1 aromatic rings. The van der Waals surface area contributed by atoms with Gasteiger partial charge in [-0.15, -0.1) is 0 Å². The Balaban J connectivity index is 2.34. The molecule has 1 heterocycles. The Kier molecular flexibility index (Phi) is 3.31. The smallest absolute Gasteiger partial charge is 0.142 e. The van der Waals surface area contributed by atoms with Gasteiger partial charge in [0.15, 0.2) is 0 Å². The molecular weight excluding hydrogens is 204 g/mol. The molecule has 88 valence electrons. The average molecular weight is 222 g/mol. The Hall–Kier alpha value is -1.26. The first kappa shape index (κ1) is 11.2. The predicted molar refractivity (Wildman–Crippen MR) is 63.6 cm³/mol. The molecule has 0 aliphatic carbocycles. The lowest BCUT2D eigenvalue weighted by Crippen LogP contribution is -2.33. The molecule has 1 aromatic carbocycles. The van der Waals surface area contributed by atoms with Gasteiger partial charge in [0.1, 0.15) is 5.75 Å². The van der Waals surface area contributed by atoms with Crippen molar-refractivity contribution in [2.24, 2.45) is 11.7 Å². The lowest BCUT2D eigenvalue weighted by atomic mass is 9.90. The van der Waals surface area contributed by atoms with E-state index in [9.17, 15) is 5.11 Å². The number of ether oxygens (including phenoxy) is 1. The summed E-state index contributed by atoms with van der Waals surface area (Å²) in [6, 6.07) is 5.72. The number of para-hydroxylation sites is 1. The summed E-state index contributed by atoms with van der Waals surface area (Å²) in [5.41, 5.74) is 7.40. The van der Waals surface area contributed by atoms with Crippen LogP contribution in [0.15, 0.2) is 18.2 Å². The molecule has 1 aliphatic heterocycles. The Morgan fingerprint density at radius 1 is 1.56 bits per heavy atom. The molecule has 0 fully saturated rings. The van der Waals surface area contributed by atoms with E-state index < -0.39 is 6.10 Å². The molecule has 0 bridgehead atoms. The highest BCUT2D eigenvalue weighted by Gasteiger charge is 2.28. The summed E-state index contributed by atoms with van der Waals surface area (Å²) in [5.74, 6) is 0.874. The number of aliphatic hydroxyl groups is 1. The molecule has 4 heteroatoms. The summed E-state index contributed by atoms with van der Waals surface area (Å²) < 4.78 is 5.52. The molecular formula is C12H18N2O2. The zero-order chi connectivity index (χ0) is 11.5. The van der Waals surface area contributed by atoms with Gasteiger partial charge in [0.05, 0.1) is 18.4 Å². The summed E-state index contributed by atoms with van der Waals surface area (Å²) in [5, 5.41) is 13.4. The van der Waals surface area contributed by atoms with E-state index in [1.807, 2.05) is 25.1 Å². The molecule has 4 N–H and O–H groups in total. The molecule has 2 atom stereocenters. The van der Waals surface area contributed by atoms with Crippen molar-refractivity contribution in [3.63, 3.8) is 0 Å². The Morgan fingerprint density at radius 3 is 3.06 bits per heavy atom. The van der Waals surface area contributed by atoms with Crippen LogP contribution in [0.4, 0.5) is 5.69 Å². The molecule has 2 rings (SSSR count). The Labute approximate surface area is 95.4 Å². The molecule has 4 nitrogen and oxygen atoms in total. The van der Waals surface area contributed by atoms with Crippen LogP contribution in [0.5, 0.6) is 5.75 Å². The van der Waals surface area contributed by atoms with Gasteiger partial charge in [-0.05, 0) is 19.5 Å². The third-order valence-corrected chi connectivity index (χ3v) is 2.97. The van der Waals surface area contributed by atoms with Crippen LogP contribution in [0.3, 0.4) is 0 Å². The van der Waals surface area contributed by atoms with Crippen LogP contribution in [0.25, 0.3) is 0 Å². The second-order valence-electron chi connectivity index (χ2n) is 3.97. The van der Waals surface area contributed by atoms with Gasteiger partial charge in [-0.3, -0.25) is 0 Å². The predicted octanol–water partition coefficient (Wildman–Crippen LogP) is 1.12. The van der Waals surface area contributed by atoms with Crippen molar-refractivity contribution < 1.29 is 9.84 Å². The molecule has 0 spiro atoms. The maximum absolute atomic E-state index is 10.1. The summed E-state index contributed by atoms with van der Waals surface area (Å²) in [4.78, 5) is 0. The number of anilines is 1. The lowest BCUT2D eigenvalue weighted by molar-refractivity contribution is 0.114. The minimum absolute atomic E-state index is 0.0735. The summed E-state index contributed by atoms with van der Waals surface area (Å²) in [6.45, 7) is 3.73. The van der Waals surface area contributed by atoms with Gasteiger partial charge >= 0.3 is 0 Å². The summed E-state index contributed by atoms with van der Waals surface area (Å²) >= 11 is 0. The largest absolute Gasteiger partial charge is 0.492 e. The number of hydrogen-bond acceptors (Lipinski definition) is 4. The molecule has 0 unspecified atom stereocenters. The number of nitrogens with two attached hydrogens (primary N) is 1. The molecule has 0 aromatic heterocycles. The van der Waals surface area contributed by atoms with Crippen molar-refractivity contribution in [1.29, 1.82) is 0 Å². The summed E-state index contributed by atoms with van der Waals surface area (Å²) in [7, 11) is 0. The zero-order valence-corrected chi connectivity index (χ0v) is 9.44. The maximum atomic E-state index is 10.1. The van der Waals surface area contributed by atoms with Gasteiger partial charge in [-0.25, -0.2) is 0 Å². The van der Waals surface area contributed by atoms with E-state index in [4.69, 9.17) is 10.5 Å². The third kappa shape index (κ3) is 1.86. The van der Waals surface area contributed by atoms with Crippen molar-refractivity contribution in [3.8, 4) is 5.75 Å². The van der Waals surface area contributed by atoms with Crippen molar-refractivity contribution in [2.45, 2.75) is 13.0 Å². The molecule has 0 amide bonds. The van der Waals surface area contributed by atoms with Crippen molar-refractivity contribution in [3.05, 3.63) is 23.8 Å². The fourth-order valence-electron chi connectivity index (χ4n) is 2.07. The topological polar surface area (TPSA) is 67.5 Å². The van der Waals surface area contributed by atoms with E-state index in [-0.39, 0.29) is 5.92 Å². The van der Waals surface area contributed by atoms with Crippen molar-refractivity contribution >= 4 is 5.69 Å². The van der Waals surface area contributed by atoms with Gasteiger partial charge in [-0.1, -0.05) is 12.1 Å². The second kappa shape index (κ2) is 4.72. The van der Waals surface area contributed by atoms with Crippen LogP contribution in [-0.4, -0.2) is 24.8 Å². The SMILES string of the molecule is CCOc1cccc2c1NC[C@@H](CN)[C@H]2O.